The number of aryl methyl sites for hydroxylation is 1. The average Bonchev–Trinajstić information content (AvgIpc) is 3.21. The molecule has 7 heteroatoms. The number of hydrogen-bond donors (Lipinski definition) is 2. The molecule has 1 fully saturated rings. The van der Waals surface area contributed by atoms with Gasteiger partial charge in [-0.2, -0.15) is 5.26 Å². The van der Waals surface area contributed by atoms with E-state index in [4.69, 9.17) is 9.47 Å². The summed E-state index contributed by atoms with van der Waals surface area (Å²) in [6, 6.07) is 23.2. The molecule has 4 rings (SSSR count). The Labute approximate surface area is 203 Å². The van der Waals surface area contributed by atoms with Gasteiger partial charge in [-0.25, -0.2) is 0 Å². The van der Waals surface area contributed by atoms with Gasteiger partial charge in [-0.05, 0) is 54.0 Å². The minimum atomic E-state index is -0.240. The molecule has 3 aromatic carbocycles. The maximum Gasteiger partial charge on any atom is 0.260 e. The monoisotopic (exact) mass is 471 g/mol. The largest absolute Gasteiger partial charge is 0.493 e. The van der Waals surface area contributed by atoms with Crippen molar-refractivity contribution < 1.29 is 14.3 Å². The quantitative estimate of drug-likeness (QED) is 0.433. The predicted molar refractivity (Wildman–Crippen MR) is 135 cm³/mol. The summed E-state index contributed by atoms with van der Waals surface area (Å²) in [4.78, 5) is 13.1. The number of anilines is 1. The minimum absolute atomic E-state index is 0.125. The number of carbonyl (C=O) groups excluding carboxylic acids is 1. The maximum atomic E-state index is 12.5. The zero-order chi connectivity index (χ0) is 23.9. The number of rotatable bonds is 8. The van der Waals surface area contributed by atoms with E-state index in [1.165, 1.54) is 17.3 Å². The Morgan fingerprint density at radius 1 is 1.12 bits per heavy atom. The second-order valence-corrected chi connectivity index (χ2v) is 8.79. The molecule has 3 aromatic rings. The topological polar surface area (TPSA) is 83.4 Å². The zero-order valence-electron chi connectivity index (χ0n) is 19.0. The van der Waals surface area contributed by atoms with E-state index in [9.17, 15) is 10.1 Å². The van der Waals surface area contributed by atoms with Crippen molar-refractivity contribution in [1.82, 2.24) is 5.32 Å². The van der Waals surface area contributed by atoms with E-state index < -0.39 is 0 Å². The number of nitrogens with one attached hydrogen (secondary N) is 2. The first-order valence-electron chi connectivity index (χ1n) is 10.9. The molecule has 0 unspecified atom stereocenters. The maximum absolute atomic E-state index is 12.5. The van der Waals surface area contributed by atoms with Crippen LogP contribution in [0.2, 0.25) is 0 Å². The van der Waals surface area contributed by atoms with Crippen LogP contribution in [0.15, 0.2) is 71.6 Å². The summed E-state index contributed by atoms with van der Waals surface area (Å²) >= 11 is 1.43. The van der Waals surface area contributed by atoms with Crippen molar-refractivity contribution in [3.8, 4) is 17.6 Å². The lowest BCUT2D eigenvalue weighted by Crippen LogP contribution is -2.30. The SMILES string of the molecule is CCc1ccc(N[C@@H]2NC(=O)/C(=C/c3ccc(OCc4ccccc4C#N)c(OC)c3)S2)cc1. The van der Waals surface area contributed by atoms with Gasteiger partial charge in [0.2, 0.25) is 0 Å². The molecule has 0 saturated carbocycles. The Hall–Kier alpha value is -3.89. The van der Waals surface area contributed by atoms with Crippen molar-refractivity contribution in [1.29, 1.82) is 5.26 Å². The molecule has 0 spiro atoms. The molecule has 1 saturated heterocycles. The Morgan fingerprint density at radius 2 is 1.91 bits per heavy atom. The van der Waals surface area contributed by atoms with Gasteiger partial charge in [0.1, 0.15) is 6.61 Å². The van der Waals surface area contributed by atoms with E-state index in [1.54, 1.807) is 13.2 Å². The molecule has 0 radical (unpaired) electrons. The molecule has 172 valence electrons. The average molecular weight is 472 g/mol. The number of nitriles is 1. The Morgan fingerprint density at radius 3 is 2.65 bits per heavy atom. The molecule has 1 atom stereocenters. The highest BCUT2D eigenvalue weighted by Crippen LogP contribution is 2.33. The third kappa shape index (κ3) is 5.53. The Kier molecular flexibility index (Phi) is 7.41. The number of thioether (sulfide) groups is 1. The molecule has 0 aromatic heterocycles. The van der Waals surface area contributed by atoms with E-state index in [0.29, 0.717) is 22.0 Å². The lowest BCUT2D eigenvalue weighted by molar-refractivity contribution is -0.116. The van der Waals surface area contributed by atoms with Crippen molar-refractivity contribution in [2.75, 3.05) is 12.4 Å². The van der Waals surface area contributed by atoms with E-state index in [2.05, 4.69) is 35.8 Å². The predicted octanol–water partition coefficient (Wildman–Crippen LogP) is 5.31. The summed E-state index contributed by atoms with van der Waals surface area (Å²) in [5.74, 6) is 0.994. The fourth-order valence-corrected chi connectivity index (χ4v) is 4.49. The third-order valence-electron chi connectivity index (χ3n) is 5.40. The summed E-state index contributed by atoms with van der Waals surface area (Å²) in [6.45, 7) is 2.37. The molecule has 1 aliphatic rings. The number of amides is 1. The van der Waals surface area contributed by atoms with E-state index >= 15 is 0 Å². The number of nitrogens with zero attached hydrogens (tertiary/aromatic N) is 1. The lowest BCUT2D eigenvalue weighted by Gasteiger charge is -2.13. The van der Waals surface area contributed by atoms with Crippen LogP contribution in [-0.4, -0.2) is 18.5 Å². The standard InChI is InChI=1S/C27H25N3O3S/c1-3-18-8-11-22(12-9-18)29-27-30-26(31)25(34-27)15-19-10-13-23(24(14-19)32-2)33-17-21-7-5-4-6-20(21)16-28/h4-15,27,29H,3,17H2,1-2H3,(H,30,31)/b25-15-/t27-/m1/s1. The molecule has 0 bridgehead atoms. The summed E-state index contributed by atoms with van der Waals surface area (Å²) in [6.07, 6.45) is 2.82. The van der Waals surface area contributed by atoms with Crippen molar-refractivity contribution in [2.45, 2.75) is 25.4 Å². The van der Waals surface area contributed by atoms with E-state index in [-0.39, 0.29) is 18.0 Å². The van der Waals surface area contributed by atoms with Crippen LogP contribution in [-0.2, 0) is 17.8 Å². The second-order valence-electron chi connectivity index (χ2n) is 7.64. The highest BCUT2D eigenvalue weighted by atomic mass is 32.2. The van der Waals surface area contributed by atoms with Crippen molar-refractivity contribution in [3.63, 3.8) is 0 Å². The van der Waals surface area contributed by atoms with Crippen molar-refractivity contribution in [2.24, 2.45) is 0 Å². The highest BCUT2D eigenvalue weighted by Gasteiger charge is 2.27. The van der Waals surface area contributed by atoms with Gasteiger partial charge in [0.25, 0.3) is 5.91 Å². The van der Waals surface area contributed by atoms with Gasteiger partial charge in [0.15, 0.2) is 17.0 Å². The van der Waals surface area contributed by atoms with E-state index in [1.807, 2.05) is 54.6 Å². The Bertz CT molecular complexity index is 1250. The van der Waals surface area contributed by atoms with Gasteiger partial charge in [-0.1, -0.05) is 55.1 Å². The van der Waals surface area contributed by atoms with Crippen LogP contribution in [0.25, 0.3) is 6.08 Å². The van der Waals surface area contributed by atoms with Gasteiger partial charge >= 0.3 is 0 Å². The first-order chi connectivity index (χ1) is 16.6. The fourth-order valence-electron chi connectivity index (χ4n) is 3.51. The van der Waals surface area contributed by atoms with Crippen molar-refractivity contribution >= 4 is 29.4 Å². The van der Waals surface area contributed by atoms with Gasteiger partial charge in [-0.3, -0.25) is 4.79 Å². The molecular formula is C27H25N3O3S. The molecule has 34 heavy (non-hydrogen) atoms. The summed E-state index contributed by atoms with van der Waals surface area (Å²) < 4.78 is 11.4. The molecular weight excluding hydrogens is 446 g/mol. The molecule has 2 N–H and O–H groups in total. The van der Waals surface area contributed by atoms with Crippen LogP contribution >= 0.6 is 11.8 Å². The summed E-state index contributed by atoms with van der Waals surface area (Å²) in [5, 5.41) is 15.5. The van der Waals surface area contributed by atoms with Crippen LogP contribution in [0.3, 0.4) is 0 Å². The zero-order valence-corrected chi connectivity index (χ0v) is 19.8. The molecule has 1 amide bonds. The number of methoxy groups -OCH3 is 1. The van der Waals surface area contributed by atoms with Crippen LogP contribution in [0.5, 0.6) is 11.5 Å². The third-order valence-corrected chi connectivity index (χ3v) is 6.43. The first-order valence-corrected chi connectivity index (χ1v) is 11.8. The Balaban J connectivity index is 1.44. The second kappa shape index (κ2) is 10.8. The molecule has 6 nitrogen and oxygen atoms in total. The van der Waals surface area contributed by atoms with Crippen LogP contribution in [0, 0.1) is 11.3 Å². The van der Waals surface area contributed by atoms with Gasteiger partial charge in [0, 0.05) is 11.3 Å². The van der Waals surface area contributed by atoms with Gasteiger partial charge in [0.05, 0.1) is 23.6 Å². The van der Waals surface area contributed by atoms with Crippen LogP contribution in [0.1, 0.15) is 29.2 Å². The summed E-state index contributed by atoms with van der Waals surface area (Å²) in [5.41, 5.74) is 4.20. The fraction of sp³-hybridized carbons (Fsp3) is 0.185. The molecule has 1 aliphatic heterocycles. The molecule has 0 aliphatic carbocycles. The number of carbonyl (C=O) groups is 1. The normalized spacial score (nSPS) is 16.1. The number of hydrogen-bond acceptors (Lipinski definition) is 6. The smallest absolute Gasteiger partial charge is 0.260 e. The van der Waals surface area contributed by atoms with Crippen LogP contribution in [0.4, 0.5) is 5.69 Å². The minimum Gasteiger partial charge on any atom is -0.493 e. The van der Waals surface area contributed by atoms with Gasteiger partial charge < -0.3 is 20.1 Å². The van der Waals surface area contributed by atoms with Crippen LogP contribution < -0.4 is 20.1 Å². The molecule has 1 heterocycles. The van der Waals surface area contributed by atoms with E-state index in [0.717, 1.165) is 23.2 Å². The number of ether oxygens (including phenoxy) is 2. The summed E-state index contributed by atoms with van der Waals surface area (Å²) in [7, 11) is 1.57. The lowest BCUT2D eigenvalue weighted by atomic mass is 10.1. The first kappa shape index (κ1) is 23.3. The highest BCUT2D eigenvalue weighted by molar-refractivity contribution is 8.05. The van der Waals surface area contributed by atoms with Gasteiger partial charge in [-0.15, -0.1) is 0 Å². The number of benzene rings is 3. The van der Waals surface area contributed by atoms with Crippen molar-refractivity contribution in [3.05, 3.63) is 93.9 Å².